The Balaban J connectivity index is 1.19. The fourth-order valence-electron chi connectivity index (χ4n) is 10.1. The zero-order valence-electron chi connectivity index (χ0n) is 34.0. The lowest BCUT2D eigenvalue weighted by Gasteiger charge is -2.39. The van der Waals surface area contributed by atoms with Crippen molar-refractivity contribution in [1.29, 1.82) is 0 Å². The van der Waals surface area contributed by atoms with Crippen LogP contribution in [-0.4, -0.2) is 99.0 Å². The highest BCUT2D eigenvalue weighted by Gasteiger charge is 2.65. The first kappa shape index (κ1) is 42.1. The number of sulfonamides is 1. The third kappa shape index (κ3) is 7.54. The van der Waals surface area contributed by atoms with Crippen LogP contribution in [-0.2, 0) is 30.8 Å². The average molecular weight is 860 g/mol. The molecule has 14 nitrogen and oxygen atoms in total. The fourth-order valence-corrected chi connectivity index (χ4v) is 11.4. The lowest BCUT2D eigenvalue weighted by atomic mass is 9.80. The predicted octanol–water partition coefficient (Wildman–Crippen LogP) is 6.04. The van der Waals surface area contributed by atoms with Crippen molar-refractivity contribution in [3.05, 3.63) is 41.6 Å². The number of carbonyl (C=O) groups excluding carboxylic acids is 3. The van der Waals surface area contributed by atoms with Gasteiger partial charge in [0.1, 0.15) is 34.7 Å². The second kappa shape index (κ2) is 15.1. The molecule has 0 radical (unpaired) electrons. The number of hydrogen-bond acceptors (Lipinski definition) is 9. The summed E-state index contributed by atoms with van der Waals surface area (Å²) in [6, 6.07) is 1.10. The van der Waals surface area contributed by atoms with Crippen LogP contribution in [0.4, 0.5) is 18.0 Å². The van der Waals surface area contributed by atoms with Gasteiger partial charge in [-0.15, -0.1) is 13.2 Å². The Bertz CT molecular complexity index is 2240. The molecule has 1 saturated heterocycles. The van der Waals surface area contributed by atoms with Gasteiger partial charge in [0, 0.05) is 28.8 Å². The van der Waals surface area contributed by atoms with E-state index < -0.39 is 85.8 Å². The lowest BCUT2D eigenvalue weighted by Crippen LogP contribution is -2.60. The molecule has 4 heterocycles. The number of hydrogen-bond donors (Lipinski definition) is 3. The molecule has 18 heteroatoms. The van der Waals surface area contributed by atoms with Crippen molar-refractivity contribution in [2.45, 2.75) is 151 Å². The van der Waals surface area contributed by atoms with Crippen molar-refractivity contribution < 1.29 is 55.3 Å². The second-order valence-electron chi connectivity index (χ2n) is 18.0. The molecule has 6 atom stereocenters. The Kier molecular flexibility index (Phi) is 10.6. The van der Waals surface area contributed by atoms with E-state index in [0.29, 0.717) is 72.9 Å². The molecule has 326 valence electrons. The number of benzene rings is 1. The summed E-state index contributed by atoms with van der Waals surface area (Å²) >= 11 is 0. The third-order valence-corrected chi connectivity index (χ3v) is 16.2. The molecule has 4 amide bonds. The van der Waals surface area contributed by atoms with Crippen LogP contribution in [0, 0.1) is 18.8 Å². The maximum absolute atomic E-state index is 15.2. The first-order valence-corrected chi connectivity index (χ1v) is 22.5. The minimum atomic E-state index is -4.92. The molecule has 6 aliphatic rings. The van der Waals surface area contributed by atoms with E-state index >= 15 is 4.79 Å². The van der Waals surface area contributed by atoms with E-state index in [0.717, 1.165) is 19.3 Å². The van der Waals surface area contributed by atoms with Gasteiger partial charge in [-0.2, -0.15) is 0 Å². The molecular weight excluding hydrogens is 808 g/mol. The monoisotopic (exact) mass is 859 g/mol. The maximum atomic E-state index is 15.2. The number of carbonyl (C=O) groups is 4. The van der Waals surface area contributed by atoms with Crippen molar-refractivity contribution in [1.82, 2.24) is 24.8 Å². The van der Waals surface area contributed by atoms with E-state index in [1.54, 1.807) is 20.8 Å². The van der Waals surface area contributed by atoms with Gasteiger partial charge in [0.25, 0.3) is 5.91 Å². The van der Waals surface area contributed by atoms with Crippen molar-refractivity contribution in [2.75, 3.05) is 6.54 Å². The highest BCUT2D eigenvalue weighted by atomic mass is 32.2. The maximum Gasteiger partial charge on any atom is 0.573 e. The summed E-state index contributed by atoms with van der Waals surface area (Å²) in [7, 11) is -4.07. The molecule has 4 fully saturated rings. The van der Waals surface area contributed by atoms with Gasteiger partial charge in [0.05, 0.1) is 22.5 Å². The van der Waals surface area contributed by atoms with Crippen LogP contribution >= 0.6 is 0 Å². The van der Waals surface area contributed by atoms with Gasteiger partial charge < -0.3 is 24.8 Å². The Morgan fingerprint density at radius 1 is 1.08 bits per heavy atom. The summed E-state index contributed by atoms with van der Waals surface area (Å²) in [5.74, 6) is -3.54. The molecule has 3 saturated carbocycles. The number of ether oxygens (including phenoxy) is 2. The summed E-state index contributed by atoms with van der Waals surface area (Å²) < 4.78 is 78.5. The van der Waals surface area contributed by atoms with Gasteiger partial charge in [0.15, 0.2) is 0 Å². The Morgan fingerprint density at radius 2 is 1.80 bits per heavy atom. The quantitative estimate of drug-likeness (QED) is 0.290. The number of aromatic nitrogens is 1. The predicted molar refractivity (Wildman–Crippen MR) is 211 cm³/mol. The van der Waals surface area contributed by atoms with Crippen LogP contribution < -0.4 is 19.5 Å². The standard InChI is InChI=1S/C42H52F3N5O9S/c1-24-33-35(51)47-41(37(53)48-60(56,57)39(3)19-20-39)22-26(41)11-7-5-4-6-8-14-32(50(38(54)55)27-12-9-10-13-27)36(52)49(33)23-40(24)18-17-29-30-21-28(58-42(43,44)45)15-16-31(30)46-25(2)34(29)59-40/h7,11,15-16,21,24,26-27,32-33H,4-6,8-10,12-14,17-20,22-23H2,1-3H3,(H,47,51)(H,48,53)(H,54,55)/b11-7-/t24?,26-,32+,33+,40+,41-/m1/s1. The number of fused-ring (bicyclic) bond motifs is 5. The Hall–Kier alpha value is -4.61. The van der Waals surface area contributed by atoms with Crippen LogP contribution in [0.15, 0.2) is 30.4 Å². The number of allylic oxidation sites excluding steroid dienone is 1. The third-order valence-electron chi connectivity index (χ3n) is 14.0. The van der Waals surface area contributed by atoms with Gasteiger partial charge in [-0.05, 0) is 96.3 Å². The summed E-state index contributed by atoms with van der Waals surface area (Å²) in [5.41, 5.74) is -1.40. The van der Waals surface area contributed by atoms with Gasteiger partial charge >= 0.3 is 12.5 Å². The fraction of sp³-hybridized carbons (Fsp3) is 0.643. The van der Waals surface area contributed by atoms with Crippen LogP contribution in [0.5, 0.6) is 11.5 Å². The number of nitrogens with zero attached hydrogens (tertiary/aromatic N) is 3. The van der Waals surface area contributed by atoms with E-state index in [1.165, 1.54) is 28.0 Å². The summed E-state index contributed by atoms with van der Waals surface area (Å²) in [4.78, 5) is 64.6. The first-order valence-electron chi connectivity index (χ1n) is 21.0. The molecule has 3 N–H and O–H groups in total. The molecule has 2 aromatic rings. The number of pyridine rings is 1. The number of rotatable bonds is 6. The van der Waals surface area contributed by atoms with Crippen molar-refractivity contribution >= 4 is 44.7 Å². The van der Waals surface area contributed by atoms with Crippen LogP contribution in [0.3, 0.4) is 0 Å². The largest absolute Gasteiger partial charge is 0.573 e. The number of amides is 4. The first-order chi connectivity index (χ1) is 28.3. The van der Waals surface area contributed by atoms with E-state index in [-0.39, 0.29) is 38.3 Å². The SMILES string of the molecule is Cc1nc2ccc(OC(F)(F)F)cc2c2c1O[C@@]1(CC2)CN2C(=O)[C@@H](N(C(=O)O)C3CCCC3)CCCCC/C=C\[C@@H]3C[C@@]3(C(=O)NS(=O)(=O)C3(C)CC3)NC(=O)[C@@H]2C1C. The summed E-state index contributed by atoms with van der Waals surface area (Å²) in [6.07, 6.45) is 4.66. The molecular formula is C42H52F3N5O9S. The Labute approximate surface area is 346 Å². The molecule has 1 spiro atoms. The molecule has 3 aliphatic carbocycles. The van der Waals surface area contributed by atoms with Gasteiger partial charge in [0.2, 0.25) is 21.8 Å². The molecule has 60 heavy (non-hydrogen) atoms. The van der Waals surface area contributed by atoms with Crippen molar-refractivity contribution in [3.8, 4) is 11.5 Å². The van der Waals surface area contributed by atoms with E-state index in [1.807, 2.05) is 12.2 Å². The van der Waals surface area contributed by atoms with Gasteiger partial charge in [-0.1, -0.05) is 44.8 Å². The highest BCUT2D eigenvalue weighted by Crippen LogP contribution is 2.51. The van der Waals surface area contributed by atoms with Crippen LogP contribution in [0.25, 0.3) is 10.9 Å². The lowest BCUT2D eigenvalue weighted by molar-refractivity contribution is -0.274. The number of alkyl halides is 3. The molecule has 0 bridgehead atoms. The average Bonchev–Trinajstić information content (AvgIpc) is 3.99. The minimum absolute atomic E-state index is 0.131. The second-order valence-corrected chi connectivity index (χ2v) is 20.2. The highest BCUT2D eigenvalue weighted by molar-refractivity contribution is 7.91. The molecule has 3 aliphatic heterocycles. The zero-order valence-corrected chi connectivity index (χ0v) is 34.8. The number of aryl methyl sites for hydroxylation is 2. The zero-order chi connectivity index (χ0) is 43.0. The number of carboxylic acid groups (broad SMARTS) is 1. The number of halogens is 3. The van der Waals surface area contributed by atoms with Crippen LogP contribution in [0.2, 0.25) is 0 Å². The van der Waals surface area contributed by atoms with E-state index in [9.17, 15) is 41.1 Å². The molecule has 8 rings (SSSR count). The van der Waals surface area contributed by atoms with E-state index in [2.05, 4.69) is 19.8 Å². The smallest absolute Gasteiger partial charge is 0.483 e. The summed E-state index contributed by atoms with van der Waals surface area (Å²) in [6.45, 7) is 4.88. The van der Waals surface area contributed by atoms with Gasteiger partial charge in [-0.25, -0.2) is 18.2 Å². The Morgan fingerprint density at radius 3 is 2.48 bits per heavy atom. The summed E-state index contributed by atoms with van der Waals surface area (Å²) in [5, 5.41) is 14.0. The van der Waals surface area contributed by atoms with Crippen molar-refractivity contribution in [3.63, 3.8) is 0 Å². The number of nitrogens with one attached hydrogen (secondary N) is 2. The van der Waals surface area contributed by atoms with Crippen LogP contribution in [0.1, 0.15) is 109 Å². The molecule has 1 aromatic heterocycles. The normalized spacial score (nSPS) is 31.1. The molecule has 1 aromatic carbocycles. The topological polar surface area (TPSA) is 185 Å². The van der Waals surface area contributed by atoms with Crippen molar-refractivity contribution in [2.24, 2.45) is 11.8 Å². The van der Waals surface area contributed by atoms with Gasteiger partial charge in [-0.3, -0.25) is 24.0 Å². The molecule has 1 unspecified atom stereocenters. The van der Waals surface area contributed by atoms with E-state index in [4.69, 9.17) is 4.74 Å². The minimum Gasteiger partial charge on any atom is -0.483 e.